The third-order valence-corrected chi connectivity index (χ3v) is 4.40. The second-order valence-corrected chi connectivity index (χ2v) is 6.10. The molecule has 0 spiro atoms. The fourth-order valence-corrected chi connectivity index (χ4v) is 3.13. The van der Waals surface area contributed by atoms with E-state index in [1.54, 1.807) is 0 Å². The molecule has 0 unspecified atom stereocenters. The van der Waals surface area contributed by atoms with Crippen molar-refractivity contribution in [1.82, 2.24) is 4.90 Å². The molecule has 3 nitrogen and oxygen atoms in total. The van der Waals surface area contributed by atoms with Crippen molar-refractivity contribution in [2.24, 2.45) is 0 Å². The van der Waals surface area contributed by atoms with Crippen LogP contribution in [0.2, 0.25) is 0 Å². The van der Waals surface area contributed by atoms with E-state index in [-0.39, 0.29) is 12.4 Å². The summed E-state index contributed by atoms with van der Waals surface area (Å²) in [5.41, 5.74) is 1.42. The molecule has 0 amide bonds. The first kappa shape index (κ1) is 15.8. The van der Waals surface area contributed by atoms with Crippen LogP contribution in [0.15, 0.2) is 60.7 Å². The standard InChI is InChI=1S/C20H23NO2/c22-19(16-23-20-9-5-2-6-10-20)15-21-13-11-18(12-14-21)17-7-3-1-4-8-17/h1-10,18H,11-16H2. The summed E-state index contributed by atoms with van der Waals surface area (Å²) in [5.74, 6) is 1.53. The van der Waals surface area contributed by atoms with E-state index in [9.17, 15) is 4.79 Å². The van der Waals surface area contributed by atoms with E-state index in [2.05, 4.69) is 35.2 Å². The van der Waals surface area contributed by atoms with Gasteiger partial charge in [-0.25, -0.2) is 0 Å². The average Bonchev–Trinajstić information content (AvgIpc) is 2.62. The van der Waals surface area contributed by atoms with Crippen LogP contribution in [-0.4, -0.2) is 36.9 Å². The van der Waals surface area contributed by atoms with Gasteiger partial charge < -0.3 is 4.74 Å². The zero-order valence-corrected chi connectivity index (χ0v) is 13.4. The van der Waals surface area contributed by atoms with Gasteiger partial charge in [-0.1, -0.05) is 48.5 Å². The van der Waals surface area contributed by atoms with Crippen LogP contribution < -0.4 is 4.74 Å². The van der Waals surface area contributed by atoms with E-state index in [1.807, 2.05) is 30.3 Å². The number of hydrogen-bond acceptors (Lipinski definition) is 3. The molecule has 3 rings (SSSR count). The molecule has 0 bridgehead atoms. The van der Waals surface area contributed by atoms with Crippen molar-refractivity contribution >= 4 is 5.78 Å². The van der Waals surface area contributed by atoms with Crippen LogP contribution in [0.5, 0.6) is 5.75 Å². The summed E-state index contributed by atoms with van der Waals surface area (Å²) >= 11 is 0. The number of nitrogens with zero attached hydrogens (tertiary/aromatic N) is 1. The minimum atomic E-state index is 0.145. The Morgan fingerprint density at radius 2 is 1.57 bits per heavy atom. The predicted octanol–water partition coefficient (Wildman–Crippen LogP) is 3.51. The quantitative estimate of drug-likeness (QED) is 0.818. The number of likely N-dealkylation sites (tertiary alicyclic amines) is 1. The molecular weight excluding hydrogens is 286 g/mol. The van der Waals surface area contributed by atoms with Crippen molar-refractivity contribution < 1.29 is 9.53 Å². The molecule has 1 saturated heterocycles. The number of piperidine rings is 1. The maximum Gasteiger partial charge on any atom is 0.184 e. The molecule has 1 heterocycles. The molecule has 1 fully saturated rings. The molecule has 0 atom stereocenters. The number of ketones is 1. The maximum atomic E-state index is 12.1. The highest BCUT2D eigenvalue weighted by atomic mass is 16.5. The summed E-state index contributed by atoms with van der Waals surface area (Å²) in [6, 6.07) is 20.2. The van der Waals surface area contributed by atoms with Gasteiger partial charge in [0.15, 0.2) is 5.78 Å². The Morgan fingerprint density at radius 3 is 2.22 bits per heavy atom. The summed E-state index contributed by atoms with van der Waals surface area (Å²) in [6.07, 6.45) is 2.24. The molecule has 0 aliphatic carbocycles. The van der Waals surface area contributed by atoms with Crippen LogP contribution in [0.3, 0.4) is 0 Å². The van der Waals surface area contributed by atoms with Crippen LogP contribution in [0.1, 0.15) is 24.3 Å². The van der Waals surface area contributed by atoms with Crippen molar-refractivity contribution in [3.05, 3.63) is 66.2 Å². The lowest BCUT2D eigenvalue weighted by Crippen LogP contribution is -2.38. The number of carbonyl (C=O) groups excluding carboxylic acids is 1. The van der Waals surface area contributed by atoms with Crippen molar-refractivity contribution in [2.75, 3.05) is 26.2 Å². The topological polar surface area (TPSA) is 29.5 Å². The predicted molar refractivity (Wildman–Crippen MR) is 91.8 cm³/mol. The van der Waals surface area contributed by atoms with Crippen LogP contribution >= 0.6 is 0 Å². The second kappa shape index (κ2) is 7.93. The highest BCUT2D eigenvalue weighted by Crippen LogP contribution is 2.27. The molecule has 2 aromatic carbocycles. The Labute approximate surface area is 137 Å². The third-order valence-electron chi connectivity index (χ3n) is 4.40. The Bertz CT molecular complexity index is 604. The summed E-state index contributed by atoms with van der Waals surface area (Å²) in [7, 11) is 0. The SMILES string of the molecule is O=C(COc1ccccc1)CN1CCC(c2ccccc2)CC1. The van der Waals surface area contributed by atoms with Gasteiger partial charge in [0, 0.05) is 0 Å². The van der Waals surface area contributed by atoms with Gasteiger partial charge >= 0.3 is 0 Å². The van der Waals surface area contributed by atoms with E-state index in [0.29, 0.717) is 12.5 Å². The van der Waals surface area contributed by atoms with Gasteiger partial charge in [-0.2, -0.15) is 0 Å². The molecule has 2 aromatic rings. The van der Waals surface area contributed by atoms with Crippen molar-refractivity contribution in [1.29, 1.82) is 0 Å². The molecule has 3 heteroatoms. The lowest BCUT2D eigenvalue weighted by atomic mass is 9.89. The average molecular weight is 309 g/mol. The Morgan fingerprint density at radius 1 is 0.957 bits per heavy atom. The molecular formula is C20H23NO2. The van der Waals surface area contributed by atoms with Crippen LogP contribution in [0.25, 0.3) is 0 Å². The highest BCUT2D eigenvalue weighted by Gasteiger charge is 2.21. The van der Waals surface area contributed by atoms with E-state index < -0.39 is 0 Å². The van der Waals surface area contributed by atoms with Crippen molar-refractivity contribution in [2.45, 2.75) is 18.8 Å². The van der Waals surface area contributed by atoms with Crippen molar-refractivity contribution in [3.8, 4) is 5.75 Å². The highest BCUT2D eigenvalue weighted by molar-refractivity contribution is 5.82. The fourth-order valence-electron chi connectivity index (χ4n) is 3.13. The van der Waals surface area contributed by atoms with Gasteiger partial charge in [0.1, 0.15) is 12.4 Å². The van der Waals surface area contributed by atoms with Gasteiger partial charge in [0.25, 0.3) is 0 Å². The second-order valence-electron chi connectivity index (χ2n) is 6.10. The van der Waals surface area contributed by atoms with Gasteiger partial charge in [-0.15, -0.1) is 0 Å². The Hall–Kier alpha value is -2.13. The molecule has 1 aliphatic heterocycles. The van der Waals surface area contributed by atoms with Gasteiger partial charge in [0.05, 0.1) is 6.54 Å². The van der Waals surface area contributed by atoms with E-state index in [4.69, 9.17) is 4.74 Å². The molecule has 0 saturated carbocycles. The minimum absolute atomic E-state index is 0.145. The number of ether oxygens (including phenoxy) is 1. The zero-order chi connectivity index (χ0) is 15.9. The molecule has 0 radical (unpaired) electrons. The van der Waals surface area contributed by atoms with E-state index in [1.165, 1.54) is 5.56 Å². The minimum Gasteiger partial charge on any atom is -0.486 e. The lowest BCUT2D eigenvalue weighted by Gasteiger charge is -2.31. The van der Waals surface area contributed by atoms with Gasteiger partial charge in [-0.3, -0.25) is 9.69 Å². The van der Waals surface area contributed by atoms with Gasteiger partial charge in [0.2, 0.25) is 0 Å². The number of hydrogen-bond donors (Lipinski definition) is 0. The summed E-state index contributed by atoms with van der Waals surface area (Å²) in [4.78, 5) is 14.3. The monoisotopic (exact) mass is 309 g/mol. The maximum absolute atomic E-state index is 12.1. The largest absolute Gasteiger partial charge is 0.486 e. The zero-order valence-electron chi connectivity index (χ0n) is 13.4. The molecule has 1 aliphatic rings. The Balaban J connectivity index is 1.41. The van der Waals surface area contributed by atoms with Crippen LogP contribution in [0, 0.1) is 0 Å². The molecule has 23 heavy (non-hydrogen) atoms. The Kier molecular flexibility index (Phi) is 5.43. The summed E-state index contributed by atoms with van der Waals surface area (Å²) in [5, 5.41) is 0. The van der Waals surface area contributed by atoms with Gasteiger partial charge in [-0.05, 0) is 49.5 Å². The molecule has 0 aromatic heterocycles. The number of carbonyl (C=O) groups is 1. The van der Waals surface area contributed by atoms with E-state index in [0.717, 1.165) is 31.7 Å². The lowest BCUT2D eigenvalue weighted by molar-refractivity contribution is -0.122. The normalized spacial score (nSPS) is 16.2. The number of benzene rings is 2. The summed E-state index contributed by atoms with van der Waals surface area (Å²) in [6.45, 7) is 2.62. The first-order valence-corrected chi connectivity index (χ1v) is 8.28. The number of para-hydroxylation sites is 1. The summed E-state index contributed by atoms with van der Waals surface area (Å²) < 4.78 is 5.52. The van der Waals surface area contributed by atoms with E-state index >= 15 is 0 Å². The van der Waals surface area contributed by atoms with Crippen molar-refractivity contribution in [3.63, 3.8) is 0 Å². The third kappa shape index (κ3) is 4.67. The molecule has 120 valence electrons. The number of rotatable bonds is 6. The molecule has 0 N–H and O–H groups in total. The fraction of sp³-hybridized carbons (Fsp3) is 0.350. The smallest absolute Gasteiger partial charge is 0.184 e. The number of Topliss-reactive ketones (excluding diaryl/α,β-unsaturated/α-hetero) is 1. The first-order valence-electron chi connectivity index (χ1n) is 8.28. The van der Waals surface area contributed by atoms with Crippen LogP contribution in [-0.2, 0) is 4.79 Å². The first-order chi connectivity index (χ1) is 11.3. The van der Waals surface area contributed by atoms with Crippen LogP contribution in [0.4, 0.5) is 0 Å².